The molecule has 0 radical (unpaired) electrons. The predicted molar refractivity (Wildman–Crippen MR) is 240 cm³/mol. The van der Waals surface area contributed by atoms with Crippen molar-refractivity contribution in [3.8, 4) is 22.3 Å². The van der Waals surface area contributed by atoms with Crippen LogP contribution in [0, 0.1) is 11.8 Å². The van der Waals surface area contributed by atoms with Gasteiger partial charge in [0, 0.05) is 34.2 Å². The van der Waals surface area contributed by atoms with Gasteiger partial charge in [-0.15, -0.1) is 0 Å². The molecular weight excluding hydrogens is 709 g/mol. The van der Waals surface area contributed by atoms with E-state index in [0.29, 0.717) is 17.8 Å². The lowest BCUT2D eigenvalue weighted by Crippen LogP contribution is -2.16. The second kappa shape index (κ2) is 12.2. The number of hydrogen-bond acceptors (Lipinski definition) is 2. The van der Waals surface area contributed by atoms with Gasteiger partial charge in [0.2, 0.25) is 0 Å². The summed E-state index contributed by atoms with van der Waals surface area (Å²) in [5.74, 6) is 1.26. The van der Waals surface area contributed by atoms with Gasteiger partial charge in [0.1, 0.15) is 0 Å². The monoisotopic (exact) mass is 746 g/mol. The van der Waals surface area contributed by atoms with Crippen molar-refractivity contribution in [2.24, 2.45) is 11.8 Å². The Balaban J connectivity index is 1.12. The first-order valence-electron chi connectivity index (χ1n) is 20.6. The molecule has 3 atom stereocenters. The molecule has 4 aromatic heterocycles. The fourth-order valence-electron chi connectivity index (χ4n) is 10.3. The molecule has 4 heterocycles. The number of hydrogen-bond donors (Lipinski definition) is 0. The van der Waals surface area contributed by atoms with Gasteiger partial charge in [-0.2, -0.15) is 0 Å². The fourth-order valence-corrected chi connectivity index (χ4v) is 10.3. The third-order valence-corrected chi connectivity index (χ3v) is 13.1. The van der Waals surface area contributed by atoms with Gasteiger partial charge in [0.05, 0.1) is 33.3 Å². The lowest BCUT2D eigenvalue weighted by molar-refractivity contribution is 0.472. The first kappa shape index (κ1) is 32.1. The summed E-state index contributed by atoms with van der Waals surface area (Å²) in [5, 5.41) is 3.68. The summed E-state index contributed by atoms with van der Waals surface area (Å²) < 4.78 is 19.0. The zero-order valence-electron chi connectivity index (χ0n) is 31.8. The first-order chi connectivity index (χ1) is 28.7. The van der Waals surface area contributed by atoms with Gasteiger partial charge in [-0.3, -0.25) is 0 Å². The lowest BCUT2D eigenvalue weighted by atomic mass is 9.79. The zero-order chi connectivity index (χ0) is 37.9. The highest BCUT2D eigenvalue weighted by atomic mass is 16.3. The molecule has 0 aliphatic heterocycles. The average molecular weight is 747 g/mol. The van der Waals surface area contributed by atoms with Crippen molar-refractivity contribution in [1.29, 1.82) is 0 Å². The Morgan fingerprint density at radius 1 is 0.466 bits per heavy atom. The maximum absolute atomic E-state index is 7.10. The summed E-state index contributed by atoms with van der Waals surface area (Å²) in [4.78, 5) is 0. The van der Waals surface area contributed by atoms with Crippen molar-refractivity contribution in [1.82, 2.24) is 8.80 Å². The minimum Gasteiger partial charge on any atom is -0.453 e. The third kappa shape index (κ3) is 4.69. The second-order valence-corrected chi connectivity index (χ2v) is 16.4. The standard InChI is InChI=1S/C54H38N2O2/c1-5-13-33(14-6-1)37-21-23-45-41(25-37)43-27-39(35-17-9-3-10-18-35)29-51-53(43)55(45)47-31-50-48(32-49(47)57-51)56-46-24-22-38(34-15-7-2-8-16-34)26-42(46)44-28-40(30-52(58-50)54(44)56)36-19-11-4-12-20-36/h1-13,15,17-25,27-34,38H,14,16,26H2. The number of fused-ring (bicyclic) bond motifs is 10. The molecule has 0 saturated carbocycles. The van der Waals surface area contributed by atoms with E-state index in [1.165, 1.54) is 49.7 Å². The summed E-state index contributed by atoms with van der Waals surface area (Å²) in [6.45, 7) is 0. The third-order valence-electron chi connectivity index (χ3n) is 13.1. The Bertz CT molecular complexity index is 3490. The summed E-state index contributed by atoms with van der Waals surface area (Å²) in [6, 6.07) is 42.0. The predicted octanol–water partition coefficient (Wildman–Crippen LogP) is 14.4. The topological polar surface area (TPSA) is 35.1 Å². The molecular formula is C54H38N2O2. The van der Waals surface area contributed by atoms with Gasteiger partial charge in [-0.1, -0.05) is 121 Å². The van der Waals surface area contributed by atoms with Crippen LogP contribution >= 0.6 is 0 Å². The highest BCUT2D eigenvalue weighted by Crippen LogP contribution is 2.45. The van der Waals surface area contributed by atoms with Crippen LogP contribution in [0.1, 0.15) is 35.6 Å². The Morgan fingerprint density at radius 2 is 1.12 bits per heavy atom. The largest absolute Gasteiger partial charge is 0.453 e. The van der Waals surface area contributed by atoms with Crippen molar-refractivity contribution in [2.75, 3.05) is 0 Å². The molecule has 58 heavy (non-hydrogen) atoms. The molecule has 3 unspecified atom stereocenters. The Hall–Kier alpha value is -7.04. The minimum atomic E-state index is 0.351. The summed E-state index contributed by atoms with van der Waals surface area (Å²) >= 11 is 0. The van der Waals surface area contributed by atoms with E-state index in [4.69, 9.17) is 8.83 Å². The number of aromatic nitrogens is 2. The van der Waals surface area contributed by atoms with Crippen LogP contribution in [-0.2, 0) is 6.42 Å². The van der Waals surface area contributed by atoms with Crippen LogP contribution in [0.15, 0.2) is 179 Å². The van der Waals surface area contributed by atoms with Crippen molar-refractivity contribution in [3.63, 3.8) is 0 Å². The van der Waals surface area contributed by atoms with Crippen molar-refractivity contribution >= 4 is 72.2 Å². The zero-order valence-corrected chi connectivity index (χ0v) is 31.8. The van der Waals surface area contributed by atoms with Crippen LogP contribution in [0.5, 0.6) is 0 Å². The van der Waals surface area contributed by atoms with E-state index in [0.717, 1.165) is 74.7 Å². The normalized spacial score (nSPS) is 19.0. The molecule has 0 amide bonds. The lowest BCUT2D eigenvalue weighted by Gasteiger charge is -2.25. The summed E-state index contributed by atoms with van der Waals surface area (Å²) in [7, 11) is 0. The highest BCUT2D eigenvalue weighted by molar-refractivity contribution is 6.17. The second-order valence-electron chi connectivity index (χ2n) is 16.4. The van der Waals surface area contributed by atoms with Crippen LogP contribution in [0.25, 0.3) is 94.4 Å². The first-order valence-corrected chi connectivity index (χ1v) is 20.6. The van der Waals surface area contributed by atoms with E-state index in [9.17, 15) is 0 Å². The van der Waals surface area contributed by atoms with Gasteiger partial charge in [0.15, 0.2) is 22.3 Å². The van der Waals surface area contributed by atoms with Gasteiger partial charge >= 0.3 is 0 Å². The number of allylic oxidation sites excluding steroid dienone is 9. The molecule has 0 N–H and O–H groups in total. The molecule has 0 spiro atoms. The molecule has 0 fully saturated rings. The number of benzene rings is 6. The van der Waals surface area contributed by atoms with Crippen LogP contribution in [0.4, 0.5) is 0 Å². The van der Waals surface area contributed by atoms with Gasteiger partial charge in [-0.25, -0.2) is 0 Å². The number of nitrogens with zero attached hydrogens (tertiary/aromatic N) is 2. The molecule has 4 nitrogen and oxygen atoms in total. The molecule has 276 valence electrons. The SMILES string of the molecule is C1=CCC(c2ccc3c(c2)c2cc(-c4ccccc4)cc4oc5cc6c(cc5n3c42)oc2cc(-c3ccccc3)cc3c4c(n6c23)C=CC(C2C=CC=CC2)C4)C=C1. The van der Waals surface area contributed by atoms with Crippen LogP contribution in [-0.4, -0.2) is 8.80 Å². The smallest absolute Gasteiger partial charge is 0.153 e. The number of rotatable bonds is 4. The van der Waals surface area contributed by atoms with E-state index in [1.807, 2.05) is 0 Å². The van der Waals surface area contributed by atoms with Gasteiger partial charge in [-0.05, 0) is 107 Å². The Kier molecular flexibility index (Phi) is 6.77. The Labute approximate surface area is 334 Å². The summed E-state index contributed by atoms with van der Waals surface area (Å²) in [5.41, 5.74) is 17.4. The minimum absolute atomic E-state index is 0.351. The molecule has 10 aromatic rings. The van der Waals surface area contributed by atoms with Crippen LogP contribution in [0.2, 0.25) is 0 Å². The molecule has 3 aliphatic carbocycles. The van der Waals surface area contributed by atoms with Crippen LogP contribution < -0.4 is 0 Å². The highest BCUT2D eigenvalue weighted by Gasteiger charge is 2.29. The maximum Gasteiger partial charge on any atom is 0.153 e. The summed E-state index contributed by atoms with van der Waals surface area (Å²) in [6.07, 6.45) is 25.8. The molecule has 0 saturated heterocycles. The van der Waals surface area contributed by atoms with Crippen molar-refractivity contribution < 1.29 is 8.83 Å². The quantitative estimate of drug-likeness (QED) is 0.168. The average Bonchev–Trinajstić information content (AvgIpc) is 3.81. The molecule has 4 heteroatoms. The maximum atomic E-state index is 7.10. The van der Waals surface area contributed by atoms with E-state index in [-0.39, 0.29) is 0 Å². The molecule has 6 aromatic carbocycles. The van der Waals surface area contributed by atoms with Gasteiger partial charge in [0.25, 0.3) is 0 Å². The van der Waals surface area contributed by atoms with Gasteiger partial charge < -0.3 is 17.6 Å². The van der Waals surface area contributed by atoms with E-state index in [2.05, 4.69) is 185 Å². The Morgan fingerprint density at radius 3 is 1.79 bits per heavy atom. The van der Waals surface area contributed by atoms with Crippen LogP contribution in [0.3, 0.4) is 0 Å². The van der Waals surface area contributed by atoms with Crippen molar-refractivity contribution in [3.05, 3.63) is 187 Å². The molecule has 0 bridgehead atoms. The van der Waals surface area contributed by atoms with E-state index >= 15 is 0 Å². The molecule has 13 rings (SSSR count). The van der Waals surface area contributed by atoms with E-state index in [1.54, 1.807) is 0 Å². The fraction of sp³-hybridized carbons (Fsp3) is 0.111. The van der Waals surface area contributed by atoms with E-state index < -0.39 is 0 Å². The molecule has 3 aliphatic rings. The van der Waals surface area contributed by atoms with Crippen molar-refractivity contribution in [2.45, 2.75) is 25.2 Å².